The number of rotatable bonds is 5. The van der Waals surface area contributed by atoms with Gasteiger partial charge in [0.1, 0.15) is 22.6 Å². The Hall–Kier alpha value is -2.58. The summed E-state index contributed by atoms with van der Waals surface area (Å²) in [4.78, 5) is 0. The lowest BCUT2D eigenvalue weighted by atomic mass is 10.2. The van der Waals surface area contributed by atoms with Gasteiger partial charge >= 0.3 is 7.60 Å². The Morgan fingerprint density at radius 1 is 0.720 bits per heavy atom. The molecule has 0 saturated carbocycles. The highest BCUT2D eigenvalue weighted by Crippen LogP contribution is 2.48. The summed E-state index contributed by atoms with van der Waals surface area (Å²) in [6.07, 6.45) is 0. The summed E-state index contributed by atoms with van der Waals surface area (Å²) in [5.41, 5.74) is 2.07. The maximum atomic E-state index is 14.3. The van der Waals surface area contributed by atoms with Gasteiger partial charge in [-0.15, -0.1) is 0 Å². The summed E-state index contributed by atoms with van der Waals surface area (Å²) in [6, 6.07) is 19.8. The molecular weight excluding hydrogens is 338 g/mol. The first kappa shape index (κ1) is 17.2. The summed E-state index contributed by atoms with van der Waals surface area (Å²) in [5.74, 6) is 0.0682. The van der Waals surface area contributed by atoms with Crippen LogP contribution in [-0.4, -0.2) is 0 Å². The van der Waals surface area contributed by atoms with E-state index >= 15 is 0 Å². The van der Waals surface area contributed by atoms with Gasteiger partial charge in [0.25, 0.3) is 0 Å². The van der Waals surface area contributed by atoms with Crippen LogP contribution in [0.5, 0.6) is 11.5 Å². The largest absolute Gasteiger partial charge is 0.465 e. The van der Waals surface area contributed by atoms with Crippen molar-refractivity contribution in [3.63, 3.8) is 0 Å². The van der Waals surface area contributed by atoms with Crippen molar-refractivity contribution < 1.29 is 18.0 Å². The summed E-state index contributed by atoms with van der Waals surface area (Å²) in [6.45, 7) is 3.87. The van der Waals surface area contributed by atoms with Crippen LogP contribution >= 0.6 is 7.60 Å². The van der Waals surface area contributed by atoms with Gasteiger partial charge < -0.3 is 9.05 Å². The zero-order chi connectivity index (χ0) is 17.9. The molecular formula is C20H18FO3P. The van der Waals surface area contributed by atoms with E-state index < -0.39 is 13.4 Å². The van der Waals surface area contributed by atoms with Gasteiger partial charge in [0, 0.05) is 0 Å². The molecule has 0 aliphatic rings. The second-order valence-corrected chi connectivity index (χ2v) is 7.60. The second kappa shape index (κ2) is 7.12. The summed E-state index contributed by atoms with van der Waals surface area (Å²) in [7, 11) is -3.96. The van der Waals surface area contributed by atoms with E-state index in [4.69, 9.17) is 9.05 Å². The molecule has 0 atom stereocenters. The van der Waals surface area contributed by atoms with Crippen LogP contribution < -0.4 is 14.4 Å². The standard InChI is InChI=1S/C20H18FO3P/c1-15-7-11-17(12-8-15)23-25(22,20-6-4-3-5-19(20)21)24-18-13-9-16(2)10-14-18/h3-14H,1-2H3. The minimum Gasteiger partial charge on any atom is -0.413 e. The van der Waals surface area contributed by atoms with Crippen LogP contribution in [-0.2, 0) is 4.57 Å². The Bertz CT molecular complexity index is 853. The molecule has 25 heavy (non-hydrogen) atoms. The van der Waals surface area contributed by atoms with E-state index in [1.165, 1.54) is 18.2 Å². The van der Waals surface area contributed by atoms with Gasteiger partial charge in [-0.3, -0.25) is 0 Å². The minimum atomic E-state index is -3.96. The smallest absolute Gasteiger partial charge is 0.413 e. The Balaban J connectivity index is 2.01. The molecule has 0 radical (unpaired) electrons. The van der Waals surface area contributed by atoms with E-state index in [0.717, 1.165) is 11.1 Å². The van der Waals surface area contributed by atoms with Crippen LogP contribution in [0.15, 0.2) is 72.8 Å². The van der Waals surface area contributed by atoms with Crippen LogP contribution in [0.25, 0.3) is 0 Å². The second-order valence-electron chi connectivity index (χ2n) is 5.76. The van der Waals surface area contributed by atoms with Crippen LogP contribution in [0, 0.1) is 19.7 Å². The fraction of sp³-hybridized carbons (Fsp3) is 0.100. The first-order valence-electron chi connectivity index (χ1n) is 7.84. The molecule has 128 valence electrons. The lowest BCUT2D eigenvalue weighted by Gasteiger charge is -2.20. The SMILES string of the molecule is Cc1ccc(OP(=O)(Oc2ccc(C)cc2)c2ccccc2F)cc1. The van der Waals surface area contributed by atoms with Crippen LogP contribution in [0.4, 0.5) is 4.39 Å². The third-order valence-corrected chi connectivity index (χ3v) is 5.50. The molecule has 0 unspecified atom stereocenters. The topological polar surface area (TPSA) is 35.5 Å². The molecule has 0 N–H and O–H groups in total. The Kier molecular flexibility index (Phi) is 4.91. The maximum Gasteiger partial charge on any atom is 0.465 e. The van der Waals surface area contributed by atoms with Crippen LogP contribution in [0.2, 0.25) is 0 Å². The average Bonchev–Trinajstić information content (AvgIpc) is 2.59. The predicted octanol–water partition coefficient (Wildman–Crippen LogP) is 5.42. The summed E-state index contributed by atoms with van der Waals surface area (Å²) >= 11 is 0. The van der Waals surface area contributed by atoms with Crippen molar-refractivity contribution in [3.8, 4) is 11.5 Å². The van der Waals surface area contributed by atoms with Crippen molar-refractivity contribution >= 4 is 12.9 Å². The van der Waals surface area contributed by atoms with Gasteiger partial charge in [0.05, 0.1) is 0 Å². The van der Waals surface area contributed by atoms with Crippen molar-refractivity contribution in [3.05, 3.63) is 89.7 Å². The highest BCUT2D eigenvalue weighted by atomic mass is 31.2. The normalized spacial score (nSPS) is 11.2. The lowest BCUT2D eigenvalue weighted by Crippen LogP contribution is -2.18. The monoisotopic (exact) mass is 356 g/mol. The summed E-state index contributed by atoms with van der Waals surface area (Å²) in [5, 5.41) is -0.101. The third kappa shape index (κ3) is 4.09. The van der Waals surface area contributed by atoms with E-state index in [-0.39, 0.29) is 5.30 Å². The van der Waals surface area contributed by atoms with E-state index in [9.17, 15) is 8.96 Å². The molecule has 0 fully saturated rings. The van der Waals surface area contributed by atoms with Crippen molar-refractivity contribution in [2.75, 3.05) is 0 Å². The number of halogens is 1. The van der Waals surface area contributed by atoms with E-state index in [0.29, 0.717) is 11.5 Å². The number of hydrogen-bond donors (Lipinski definition) is 0. The Morgan fingerprint density at radius 2 is 1.16 bits per heavy atom. The molecule has 3 aromatic carbocycles. The highest BCUT2D eigenvalue weighted by Gasteiger charge is 2.34. The van der Waals surface area contributed by atoms with Gasteiger partial charge in [0.15, 0.2) is 0 Å². The number of hydrogen-bond acceptors (Lipinski definition) is 3. The van der Waals surface area contributed by atoms with Crippen molar-refractivity contribution in [2.45, 2.75) is 13.8 Å². The third-order valence-electron chi connectivity index (χ3n) is 3.64. The molecule has 0 heterocycles. The molecule has 5 heteroatoms. The van der Waals surface area contributed by atoms with E-state index in [1.807, 2.05) is 38.1 Å². The predicted molar refractivity (Wildman–Crippen MR) is 97.3 cm³/mol. The van der Waals surface area contributed by atoms with Crippen LogP contribution in [0.3, 0.4) is 0 Å². The van der Waals surface area contributed by atoms with Crippen molar-refractivity contribution in [2.24, 2.45) is 0 Å². The van der Waals surface area contributed by atoms with Crippen molar-refractivity contribution in [1.82, 2.24) is 0 Å². The molecule has 0 spiro atoms. The van der Waals surface area contributed by atoms with E-state index in [2.05, 4.69) is 0 Å². The Labute approximate surface area is 146 Å². The molecule has 0 aromatic heterocycles. The number of benzene rings is 3. The summed E-state index contributed by atoms with van der Waals surface area (Å²) < 4.78 is 39.0. The number of aryl methyl sites for hydroxylation is 2. The van der Waals surface area contributed by atoms with Gasteiger partial charge in [-0.05, 0) is 50.2 Å². The molecule has 0 aliphatic heterocycles. The van der Waals surface area contributed by atoms with Crippen molar-refractivity contribution in [1.29, 1.82) is 0 Å². The minimum absolute atomic E-state index is 0.101. The van der Waals surface area contributed by atoms with Gasteiger partial charge in [0.2, 0.25) is 0 Å². The maximum absolute atomic E-state index is 14.3. The highest BCUT2D eigenvalue weighted by molar-refractivity contribution is 7.63. The molecule has 0 aliphatic carbocycles. The molecule has 0 bridgehead atoms. The molecule has 3 rings (SSSR count). The molecule has 0 saturated heterocycles. The average molecular weight is 356 g/mol. The Morgan fingerprint density at radius 3 is 1.60 bits per heavy atom. The first-order valence-corrected chi connectivity index (χ1v) is 9.38. The van der Waals surface area contributed by atoms with Gasteiger partial charge in [-0.2, -0.15) is 0 Å². The van der Waals surface area contributed by atoms with Gasteiger partial charge in [-0.1, -0.05) is 47.5 Å². The first-order chi connectivity index (χ1) is 12.0. The fourth-order valence-corrected chi connectivity index (χ4v) is 3.90. The zero-order valence-corrected chi connectivity index (χ0v) is 14.9. The van der Waals surface area contributed by atoms with Crippen LogP contribution in [0.1, 0.15) is 11.1 Å². The quantitative estimate of drug-likeness (QED) is 0.573. The zero-order valence-electron chi connectivity index (χ0n) is 14.0. The fourth-order valence-electron chi connectivity index (χ4n) is 2.27. The molecule has 0 amide bonds. The van der Waals surface area contributed by atoms with E-state index in [1.54, 1.807) is 30.3 Å². The lowest BCUT2D eigenvalue weighted by molar-refractivity contribution is 0.397. The molecule has 3 aromatic rings. The van der Waals surface area contributed by atoms with Gasteiger partial charge in [-0.25, -0.2) is 8.96 Å². The molecule has 3 nitrogen and oxygen atoms in total.